The fraction of sp³-hybridized carbons (Fsp3) is 0.737. The number of amides is 1. The highest BCUT2D eigenvalue weighted by atomic mass is 16.5. The van der Waals surface area contributed by atoms with Gasteiger partial charge in [0, 0.05) is 31.5 Å². The minimum Gasteiger partial charge on any atom is -0.468 e. The number of ether oxygens (including phenoxy) is 1. The molecular weight excluding hydrogens is 304 g/mol. The van der Waals surface area contributed by atoms with Gasteiger partial charge < -0.3 is 14.1 Å². The van der Waals surface area contributed by atoms with Crippen LogP contribution in [0, 0.1) is 11.8 Å². The maximum Gasteiger partial charge on any atom is 0.225 e. The number of furan rings is 1. The molecule has 24 heavy (non-hydrogen) atoms. The predicted octanol–water partition coefficient (Wildman–Crippen LogP) is 2.77. The predicted molar refractivity (Wildman–Crippen MR) is 92.5 cm³/mol. The second-order valence-corrected chi connectivity index (χ2v) is 7.14. The summed E-state index contributed by atoms with van der Waals surface area (Å²) in [4.78, 5) is 17.2. The van der Waals surface area contributed by atoms with Gasteiger partial charge in [0.25, 0.3) is 0 Å². The van der Waals surface area contributed by atoms with E-state index in [1.807, 2.05) is 12.1 Å². The van der Waals surface area contributed by atoms with Crippen molar-refractivity contribution in [2.24, 2.45) is 11.8 Å². The summed E-state index contributed by atoms with van der Waals surface area (Å²) in [6.45, 7) is 8.37. The first kappa shape index (κ1) is 17.5. The minimum atomic E-state index is 0.202. The highest BCUT2D eigenvalue weighted by molar-refractivity contribution is 5.79. The minimum absolute atomic E-state index is 0.202. The van der Waals surface area contributed by atoms with E-state index in [0.29, 0.717) is 11.8 Å². The summed E-state index contributed by atoms with van der Waals surface area (Å²) in [6.07, 6.45) is 5.80. The van der Waals surface area contributed by atoms with Crippen LogP contribution in [-0.2, 0) is 16.1 Å². The smallest absolute Gasteiger partial charge is 0.225 e. The number of hydrogen-bond acceptors (Lipinski definition) is 4. The maximum absolute atomic E-state index is 12.7. The lowest BCUT2D eigenvalue weighted by Crippen LogP contribution is -2.41. The van der Waals surface area contributed by atoms with Gasteiger partial charge in [0.15, 0.2) is 0 Å². The Kier molecular flexibility index (Phi) is 6.32. The van der Waals surface area contributed by atoms with Gasteiger partial charge in [0.2, 0.25) is 5.91 Å². The first-order valence-corrected chi connectivity index (χ1v) is 9.37. The van der Waals surface area contributed by atoms with Gasteiger partial charge in [-0.2, -0.15) is 0 Å². The summed E-state index contributed by atoms with van der Waals surface area (Å²) >= 11 is 0. The lowest BCUT2D eigenvalue weighted by Gasteiger charge is -2.32. The van der Waals surface area contributed by atoms with Crippen molar-refractivity contribution in [3.05, 3.63) is 24.2 Å². The first-order valence-electron chi connectivity index (χ1n) is 9.37. The monoisotopic (exact) mass is 334 g/mol. The molecular formula is C19H30N2O3. The van der Waals surface area contributed by atoms with E-state index in [0.717, 1.165) is 77.4 Å². The summed E-state index contributed by atoms with van der Waals surface area (Å²) in [5.74, 6) is 2.10. The Morgan fingerprint density at radius 2 is 2.12 bits per heavy atom. The van der Waals surface area contributed by atoms with Crippen LogP contribution in [0.25, 0.3) is 0 Å². The molecule has 2 saturated heterocycles. The molecule has 0 saturated carbocycles. The van der Waals surface area contributed by atoms with Gasteiger partial charge in [-0.1, -0.05) is 6.92 Å². The molecule has 0 spiro atoms. The molecule has 0 unspecified atom stereocenters. The van der Waals surface area contributed by atoms with Crippen LogP contribution >= 0.6 is 0 Å². The summed E-state index contributed by atoms with van der Waals surface area (Å²) < 4.78 is 11.1. The lowest BCUT2D eigenvalue weighted by molar-refractivity contribution is -0.136. The molecule has 2 aliphatic rings. The zero-order chi connectivity index (χ0) is 16.8. The van der Waals surface area contributed by atoms with E-state index < -0.39 is 0 Å². The average Bonchev–Trinajstić information content (AvgIpc) is 3.27. The largest absolute Gasteiger partial charge is 0.468 e. The zero-order valence-electron chi connectivity index (χ0n) is 14.8. The molecule has 0 aromatic carbocycles. The summed E-state index contributed by atoms with van der Waals surface area (Å²) in [6, 6.07) is 3.95. The van der Waals surface area contributed by atoms with Crippen LogP contribution in [-0.4, -0.2) is 55.1 Å². The Morgan fingerprint density at radius 1 is 1.29 bits per heavy atom. The standard InChI is InChI=1S/C19H30N2O3/c1-2-11-23-15-16-5-10-21(13-16)19(22)17-6-8-20(9-7-17)14-18-4-3-12-24-18/h3-4,12,16-17H,2,5-11,13-15H2,1H3/t16-/m0/s1. The van der Waals surface area contributed by atoms with Gasteiger partial charge in [-0.05, 0) is 50.9 Å². The van der Waals surface area contributed by atoms with E-state index in [-0.39, 0.29) is 5.92 Å². The van der Waals surface area contributed by atoms with Crippen LogP contribution in [0.2, 0.25) is 0 Å². The van der Waals surface area contributed by atoms with Crippen molar-refractivity contribution >= 4 is 5.91 Å². The third-order valence-corrected chi connectivity index (χ3v) is 5.20. The van der Waals surface area contributed by atoms with E-state index in [1.165, 1.54) is 0 Å². The molecule has 2 aliphatic heterocycles. The number of carbonyl (C=O) groups is 1. The molecule has 1 atom stereocenters. The van der Waals surface area contributed by atoms with Crippen LogP contribution in [0.3, 0.4) is 0 Å². The van der Waals surface area contributed by atoms with Crippen molar-refractivity contribution in [2.75, 3.05) is 39.4 Å². The summed E-state index contributed by atoms with van der Waals surface area (Å²) in [7, 11) is 0. The molecule has 5 nitrogen and oxygen atoms in total. The van der Waals surface area contributed by atoms with E-state index in [4.69, 9.17) is 9.15 Å². The highest BCUT2D eigenvalue weighted by Gasteiger charge is 2.32. The fourth-order valence-corrected chi connectivity index (χ4v) is 3.78. The SMILES string of the molecule is CCCOC[C@H]1CCN(C(=O)C2CCN(Cc3ccco3)CC2)C1. The van der Waals surface area contributed by atoms with Gasteiger partial charge in [-0.3, -0.25) is 9.69 Å². The molecule has 0 bridgehead atoms. The third-order valence-electron chi connectivity index (χ3n) is 5.20. The Balaban J connectivity index is 1.39. The summed E-state index contributed by atoms with van der Waals surface area (Å²) in [5.41, 5.74) is 0. The Morgan fingerprint density at radius 3 is 2.83 bits per heavy atom. The van der Waals surface area contributed by atoms with Crippen molar-refractivity contribution < 1.29 is 13.9 Å². The number of rotatable bonds is 7. The molecule has 1 aromatic heterocycles. The van der Waals surface area contributed by atoms with Crippen LogP contribution in [0.4, 0.5) is 0 Å². The second kappa shape index (κ2) is 8.67. The molecule has 0 N–H and O–H groups in total. The summed E-state index contributed by atoms with van der Waals surface area (Å²) in [5, 5.41) is 0. The molecule has 2 fully saturated rings. The van der Waals surface area contributed by atoms with Gasteiger partial charge in [0.05, 0.1) is 19.4 Å². The van der Waals surface area contributed by atoms with Crippen molar-refractivity contribution in [1.82, 2.24) is 9.80 Å². The van der Waals surface area contributed by atoms with Gasteiger partial charge >= 0.3 is 0 Å². The molecule has 1 amide bonds. The number of hydrogen-bond donors (Lipinski definition) is 0. The molecule has 0 radical (unpaired) electrons. The van der Waals surface area contributed by atoms with Crippen LogP contribution in [0.5, 0.6) is 0 Å². The van der Waals surface area contributed by atoms with Gasteiger partial charge in [-0.25, -0.2) is 0 Å². The zero-order valence-corrected chi connectivity index (χ0v) is 14.8. The molecule has 1 aromatic rings. The quantitative estimate of drug-likeness (QED) is 0.719. The van der Waals surface area contributed by atoms with Crippen molar-refractivity contribution in [1.29, 1.82) is 0 Å². The molecule has 134 valence electrons. The molecule has 0 aliphatic carbocycles. The van der Waals surface area contributed by atoms with Crippen molar-refractivity contribution in [3.63, 3.8) is 0 Å². The first-order chi connectivity index (χ1) is 11.8. The van der Waals surface area contributed by atoms with Gasteiger partial charge in [0.1, 0.15) is 5.76 Å². The second-order valence-electron chi connectivity index (χ2n) is 7.14. The number of likely N-dealkylation sites (tertiary alicyclic amines) is 2. The molecule has 5 heteroatoms. The average molecular weight is 334 g/mol. The maximum atomic E-state index is 12.7. The van der Waals surface area contributed by atoms with Gasteiger partial charge in [-0.15, -0.1) is 0 Å². The Labute approximate surface area is 144 Å². The van der Waals surface area contributed by atoms with E-state index in [9.17, 15) is 4.79 Å². The van der Waals surface area contributed by atoms with Crippen molar-refractivity contribution in [3.8, 4) is 0 Å². The Bertz CT molecular complexity index is 495. The third kappa shape index (κ3) is 4.61. The van der Waals surface area contributed by atoms with Crippen LogP contribution in [0.1, 0.15) is 38.4 Å². The number of piperidine rings is 1. The molecule has 3 rings (SSSR count). The highest BCUT2D eigenvalue weighted by Crippen LogP contribution is 2.25. The number of nitrogens with zero attached hydrogens (tertiary/aromatic N) is 2. The van der Waals surface area contributed by atoms with Crippen LogP contribution in [0.15, 0.2) is 22.8 Å². The topological polar surface area (TPSA) is 45.9 Å². The fourth-order valence-electron chi connectivity index (χ4n) is 3.78. The van der Waals surface area contributed by atoms with E-state index in [2.05, 4.69) is 16.7 Å². The van der Waals surface area contributed by atoms with E-state index >= 15 is 0 Å². The lowest BCUT2D eigenvalue weighted by atomic mass is 9.95. The van der Waals surface area contributed by atoms with Crippen molar-refractivity contribution in [2.45, 2.75) is 39.2 Å². The number of carbonyl (C=O) groups excluding carboxylic acids is 1. The van der Waals surface area contributed by atoms with E-state index in [1.54, 1.807) is 6.26 Å². The normalized spacial score (nSPS) is 23.0. The Hall–Kier alpha value is -1.33. The van der Waals surface area contributed by atoms with Crippen LogP contribution < -0.4 is 0 Å². The molecule has 3 heterocycles.